The van der Waals surface area contributed by atoms with Crippen LogP contribution in [0.25, 0.3) is 0 Å². The fourth-order valence-electron chi connectivity index (χ4n) is 2.87. The molecule has 1 heterocycles. The van der Waals surface area contributed by atoms with Crippen molar-refractivity contribution in [3.05, 3.63) is 33.8 Å². The Balaban J connectivity index is 0.00000338. The van der Waals surface area contributed by atoms with Crippen molar-refractivity contribution in [1.82, 2.24) is 10.6 Å². The van der Waals surface area contributed by atoms with Gasteiger partial charge in [-0.15, -0.1) is 24.0 Å². The van der Waals surface area contributed by atoms with E-state index in [-0.39, 0.29) is 28.7 Å². The summed E-state index contributed by atoms with van der Waals surface area (Å²) in [6.07, 6.45) is 6.22. The maximum atomic E-state index is 6.21. The van der Waals surface area contributed by atoms with Gasteiger partial charge < -0.3 is 15.4 Å². The number of guanidine groups is 1. The van der Waals surface area contributed by atoms with Crippen molar-refractivity contribution in [2.45, 2.75) is 30.4 Å². The summed E-state index contributed by atoms with van der Waals surface area (Å²) in [4.78, 5) is 4.32. The number of nitrogens with one attached hydrogen (secondary N) is 2. The highest BCUT2D eigenvalue weighted by Gasteiger charge is 2.31. The van der Waals surface area contributed by atoms with E-state index in [9.17, 15) is 0 Å². The molecule has 0 atom stereocenters. The van der Waals surface area contributed by atoms with Gasteiger partial charge in [0, 0.05) is 48.1 Å². The van der Waals surface area contributed by atoms with Crippen LogP contribution >= 0.6 is 58.9 Å². The van der Waals surface area contributed by atoms with Gasteiger partial charge in [0.2, 0.25) is 0 Å². The minimum Gasteiger partial charge on any atom is -0.381 e. The van der Waals surface area contributed by atoms with E-state index in [0.717, 1.165) is 68.5 Å². The van der Waals surface area contributed by atoms with Crippen LogP contribution in [0.3, 0.4) is 0 Å². The first kappa shape index (κ1) is 24.1. The lowest BCUT2D eigenvalue weighted by Crippen LogP contribution is -2.48. The first-order valence-corrected chi connectivity index (χ1v) is 10.6. The number of nitrogens with zero attached hydrogens (tertiary/aromatic N) is 1. The Morgan fingerprint density at radius 1 is 1.27 bits per heavy atom. The third kappa shape index (κ3) is 7.62. The Hall–Kier alpha value is 0.110. The molecule has 4 nitrogen and oxygen atoms in total. The largest absolute Gasteiger partial charge is 0.381 e. The smallest absolute Gasteiger partial charge is 0.191 e. The van der Waals surface area contributed by atoms with E-state index in [1.54, 1.807) is 13.1 Å². The van der Waals surface area contributed by atoms with Gasteiger partial charge in [0.25, 0.3) is 0 Å². The minimum atomic E-state index is 0. The van der Waals surface area contributed by atoms with Crippen molar-refractivity contribution in [2.24, 2.45) is 4.99 Å². The van der Waals surface area contributed by atoms with Crippen LogP contribution in [0.4, 0.5) is 0 Å². The molecular formula is C18H28Cl2IN3OS. The number of benzene rings is 1. The maximum Gasteiger partial charge on any atom is 0.191 e. The van der Waals surface area contributed by atoms with E-state index in [1.807, 2.05) is 23.9 Å². The number of aliphatic imine (C=N–C) groups is 1. The highest BCUT2D eigenvalue weighted by Crippen LogP contribution is 2.32. The Kier molecular flexibility index (Phi) is 11.7. The van der Waals surface area contributed by atoms with Gasteiger partial charge in [0.15, 0.2) is 5.96 Å². The van der Waals surface area contributed by atoms with E-state index >= 15 is 0 Å². The number of rotatable bonds is 7. The van der Waals surface area contributed by atoms with Gasteiger partial charge in [-0.2, -0.15) is 11.8 Å². The third-order valence-electron chi connectivity index (χ3n) is 4.57. The molecule has 0 amide bonds. The molecule has 0 spiro atoms. The molecule has 1 aliphatic heterocycles. The zero-order chi connectivity index (χ0) is 18.1. The molecule has 1 aliphatic rings. The summed E-state index contributed by atoms with van der Waals surface area (Å²) in [7, 11) is 1.81. The molecule has 0 radical (unpaired) electrons. The standard InChI is InChI=1S/C18H27Cl2N3OS.HI/c1-21-17(23-13-18(25-2)7-10-24-11-8-18)22-9-3-4-14-5-6-15(19)12-16(14)20;/h5-6,12H,3-4,7-11,13H2,1-2H3,(H2,21,22,23);1H. The van der Waals surface area contributed by atoms with Crippen molar-refractivity contribution in [2.75, 3.05) is 39.6 Å². The summed E-state index contributed by atoms with van der Waals surface area (Å²) in [5.41, 5.74) is 1.12. The van der Waals surface area contributed by atoms with Crippen molar-refractivity contribution in [3.8, 4) is 0 Å². The third-order valence-corrected chi connectivity index (χ3v) is 6.57. The van der Waals surface area contributed by atoms with E-state index in [2.05, 4.69) is 21.9 Å². The minimum absolute atomic E-state index is 0. The summed E-state index contributed by atoms with van der Waals surface area (Å²) >= 11 is 14.1. The van der Waals surface area contributed by atoms with Crippen LogP contribution in [0.1, 0.15) is 24.8 Å². The first-order valence-electron chi connectivity index (χ1n) is 8.60. The normalized spacial score (nSPS) is 16.7. The van der Waals surface area contributed by atoms with Gasteiger partial charge in [0.05, 0.1) is 0 Å². The summed E-state index contributed by atoms with van der Waals surface area (Å²) in [6, 6.07) is 5.67. The molecule has 0 aliphatic carbocycles. The highest BCUT2D eigenvalue weighted by atomic mass is 127. The monoisotopic (exact) mass is 531 g/mol. The molecule has 1 saturated heterocycles. The molecule has 1 aromatic rings. The number of hydrogen-bond donors (Lipinski definition) is 2. The second-order valence-corrected chi connectivity index (χ2v) is 8.31. The molecule has 148 valence electrons. The van der Waals surface area contributed by atoms with Crippen molar-refractivity contribution >= 4 is 64.9 Å². The van der Waals surface area contributed by atoms with Crippen molar-refractivity contribution < 1.29 is 4.74 Å². The van der Waals surface area contributed by atoms with Crippen molar-refractivity contribution in [3.63, 3.8) is 0 Å². The number of ether oxygens (including phenoxy) is 1. The lowest BCUT2D eigenvalue weighted by molar-refractivity contribution is 0.0783. The summed E-state index contributed by atoms with van der Waals surface area (Å²) in [6.45, 7) is 3.43. The molecule has 1 fully saturated rings. The van der Waals surface area contributed by atoms with Gasteiger partial charge in [0.1, 0.15) is 0 Å². The molecule has 0 saturated carbocycles. The van der Waals surface area contributed by atoms with Gasteiger partial charge in [-0.3, -0.25) is 4.99 Å². The SMILES string of the molecule is CN=C(NCCCc1ccc(Cl)cc1Cl)NCC1(SC)CCOCC1.I. The predicted octanol–water partition coefficient (Wildman–Crippen LogP) is 4.62. The molecule has 2 N–H and O–H groups in total. The zero-order valence-corrected chi connectivity index (χ0v) is 20.0. The summed E-state index contributed by atoms with van der Waals surface area (Å²) in [5, 5.41) is 8.25. The number of halogens is 3. The van der Waals surface area contributed by atoms with Gasteiger partial charge >= 0.3 is 0 Å². The molecular weight excluding hydrogens is 504 g/mol. The number of hydrogen-bond acceptors (Lipinski definition) is 3. The van der Waals surface area contributed by atoms with Crippen LogP contribution in [-0.2, 0) is 11.2 Å². The predicted molar refractivity (Wildman–Crippen MR) is 126 cm³/mol. The fourth-order valence-corrected chi connectivity index (χ4v) is 4.17. The van der Waals surface area contributed by atoms with E-state index < -0.39 is 0 Å². The van der Waals surface area contributed by atoms with E-state index in [4.69, 9.17) is 27.9 Å². The van der Waals surface area contributed by atoms with E-state index in [0.29, 0.717) is 5.02 Å². The lowest BCUT2D eigenvalue weighted by atomic mass is 9.99. The molecule has 8 heteroatoms. The van der Waals surface area contributed by atoms with Crippen LogP contribution in [0.2, 0.25) is 10.0 Å². The maximum absolute atomic E-state index is 6.21. The molecule has 26 heavy (non-hydrogen) atoms. The lowest BCUT2D eigenvalue weighted by Gasteiger charge is -2.36. The van der Waals surface area contributed by atoms with Crippen LogP contribution < -0.4 is 10.6 Å². The van der Waals surface area contributed by atoms with Crippen LogP contribution in [0.15, 0.2) is 23.2 Å². The average molecular weight is 532 g/mol. The topological polar surface area (TPSA) is 45.7 Å². The highest BCUT2D eigenvalue weighted by molar-refractivity contribution is 14.0. The Morgan fingerprint density at radius 2 is 2.00 bits per heavy atom. The van der Waals surface area contributed by atoms with Gasteiger partial charge in [-0.25, -0.2) is 0 Å². The van der Waals surface area contributed by atoms with E-state index in [1.165, 1.54) is 0 Å². The fraction of sp³-hybridized carbons (Fsp3) is 0.611. The molecule has 0 bridgehead atoms. The Morgan fingerprint density at radius 3 is 2.62 bits per heavy atom. The van der Waals surface area contributed by atoms with Gasteiger partial charge in [-0.05, 0) is 49.6 Å². The molecule has 0 aromatic heterocycles. The summed E-state index contributed by atoms with van der Waals surface area (Å²) in [5.74, 6) is 0.849. The van der Waals surface area contributed by atoms with Crippen LogP contribution in [-0.4, -0.2) is 50.3 Å². The van der Waals surface area contributed by atoms with Gasteiger partial charge in [-0.1, -0.05) is 29.3 Å². The molecule has 0 unspecified atom stereocenters. The van der Waals surface area contributed by atoms with Crippen LogP contribution in [0, 0.1) is 0 Å². The Bertz CT molecular complexity index is 584. The molecule has 1 aromatic carbocycles. The quantitative estimate of drug-likeness (QED) is 0.233. The second kappa shape index (κ2) is 12.5. The number of thioether (sulfide) groups is 1. The zero-order valence-electron chi connectivity index (χ0n) is 15.3. The van der Waals surface area contributed by atoms with Crippen LogP contribution in [0.5, 0.6) is 0 Å². The Labute approximate surface area is 188 Å². The number of aryl methyl sites for hydroxylation is 1. The second-order valence-electron chi connectivity index (χ2n) is 6.19. The summed E-state index contributed by atoms with van der Waals surface area (Å²) < 4.78 is 5.73. The molecule has 2 rings (SSSR count). The van der Waals surface area contributed by atoms with Crippen molar-refractivity contribution in [1.29, 1.82) is 0 Å². The first-order chi connectivity index (χ1) is 12.1. The average Bonchev–Trinajstić information content (AvgIpc) is 2.63.